The van der Waals surface area contributed by atoms with Gasteiger partial charge < -0.3 is 4.90 Å². The van der Waals surface area contributed by atoms with Crippen molar-refractivity contribution < 1.29 is 9.59 Å². The van der Waals surface area contributed by atoms with Crippen molar-refractivity contribution in [1.82, 2.24) is 10.2 Å². The predicted octanol–water partition coefficient (Wildman–Crippen LogP) is -1.24. The number of amides is 3. The van der Waals surface area contributed by atoms with E-state index >= 15 is 0 Å². The number of imide groups is 1. The second-order valence-corrected chi connectivity index (χ2v) is 3.04. The second kappa shape index (κ2) is 2.25. The Labute approximate surface area is 78.2 Å². The number of hydrogen-bond acceptors (Lipinski definition) is 5. The maximum absolute atomic E-state index is 11.4. The SMILES string of the molecule is O=C1N=C2N=C3N=CCN3C2C(=O)N1. The summed E-state index contributed by atoms with van der Waals surface area (Å²) in [5.74, 6) is 0.313. The molecule has 1 unspecified atom stereocenters. The van der Waals surface area contributed by atoms with Crippen LogP contribution in [-0.2, 0) is 4.79 Å². The number of fused-ring (bicyclic) bond motifs is 3. The van der Waals surface area contributed by atoms with Crippen LogP contribution >= 0.6 is 0 Å². The Morgan fingerprint density at radius 1 is 1.43 bits per heavy atom. The molecule has 0 radical (unpaired) electrons. The minimum atomic E-state index is -0.657. The Morgan fingerprint density at radius 2 is 2.29 bits per heavy atom. The lowest BCUT2D eigenvalue weighted by Gasteiger charge is -2.21. The van der Waals surface area contributed by atoms with Crippen LogP contribution in [0.3, 0.4) is 0 Å². The Balaban J connectivity index is 2.10. The molecule has 3 rings (SSSR count). The molecule has 0 fully saturated rings. The third-order valence-electron chi connectivity index (χ3n) is 2.21. The van der Waals surface area contributed by atoms with Crippen molar-refractivity contribution >= 4 is 29.9 Å². The summed E-state index contributed by atoms with van der Waals surface area (Å²) in [7, 11) is 0. The van der Waals surface area contributed by atoms with Gasteiger partial charge in [-0.1, -0.05) is 0 Å². The summed E-state index contributed by atoms with van der Waals surface area (Å²) in [5, 5.41) is 2.13. The normalized spacial score (nSPS) is 28.3. The first kappa shape index (κ1) is 7.36. The molecule has 3 aliphatic heterocycles. The van der Waals surface area contributed by atoms with Gasteiger partial charge in [-0.25, -0.2) is 9.79 Å². The van der Waals surface area contributed by atoms with E-state index in [9.17, 15) is 9.59 Å². The topological polar surface area (TPSA) is 86.5 Å². The number of nitrogens with one attached hydrogen (secondary N) is 1. The van der Waals surface area contributed by atoms with Gasteiger partial charge in [0, 0.05) is 6.21 Å². The Kier molecular flexibility index (Phi) is 1.18. The van der Waals surface area contributed by atoms with Gasteiger partial charge in [-0.15, -0.1) is 0 Å². The molecule has 3 aliphatic rings. The number of aliphatic imine (C=N–C) groups is 3. The molecule has 0 saturated carbocycles. The van der Waals surface area contributed by atoms with E-state index in [4.69, 9.17) is 0 Å². The third-order valence-corrected chi connectivity index (χ3v) is 2.21. The molecule has 0 aromatic heterocycles. The molecule has 14 heavy (non-hydrogen) atoms. The number of hydrogen-bond donors (Lipinski definition) is 1. The quantitative estimate of drug-likeness (QED) is 0.519. The average molecular weight is 191 g/mol. The molecular formula is C7H5N5O2. The van der Waals surface area contributed by atoms with Crippen molar-refractivity contribution in [3.8, 4) is 0 Å². The summed E-state index contributed by atoms with van der Waals surface area (Å²) in [6, 6.07) is -1.24. The fourth-order valence-electron chi connectivity index (χ4n) is 1.63. The van der Waals surface area contributed by atoms with Crippen LogP contribution in [0.1, 0.15) is 0 Å². The number of urea groups is 1. The van der Waals surface area contributed by atoms with E-state index in [2.05, 4.69) is 20.3 Å². The van der Waals surface area contributed by atoms with Crippen molar-refractivity contribution in [1.29, 1.82) is 0 Å². The van der Waals surface area contributed by atoms with Crippen LogP contribution in [0.5, 0.6) is 0 Å². The monoisotopic (exact) mass is 191 g/mol. The van der Waals surface area contributed by atoms with Gasteiger partial charge >= 0.3 is 6.03 Å². The zero-order valence-electron chi connectivity index (χ0n) is 6.97. The summed E-state index contributed by atoms with van der Waals surface area (Å²) in [6.45, 7) is 0.532. The van der Waals surface area contributed by atoms with Gasteiger partial charge in [0.15, 0.2) is 11.9 Å². The predicted molar refractivity (Wildman–Crippen MR) is 47.4 cm³/mol. The van der Waals surface area contributed by atoms with Crippen LogP contribution in [0.15, 0.2) is 15.0 Å². The fourth-order valence-corrected chi connectivity index (χ4v) is 1.63. The summed E-state index contributed by atoms with van der Waals surface area (Å²) in [5.41, 5.74) is 0. The standard InChI is InChI=1S/C7H5N5O2/c13-5-3-4(10-7(14)11-5)9-6-8-1-2-12(3)6/h1,3H,2H2,(H,11,13,14). The first-order valence-electron chi connectivity index (χ1n) is 4.07. The molecule has 0 aromatic rings. The molecule has 1 N–H and O–H groups in total. The minimum absolute atomic E-state index is 0.241. The molecule has 7 heteroatoms. The largest absolute Gasteiger partial charge is 0.349 e. The molecule has 3 heterocycles. The lowest BCUT2D eigenvalue weighted by atomic mass is 10.2. The smallest absolute Gasteiger partial charge is 0.317 e. The molecule has 0 aromatic carbocycles. The van der Waals surface area contributed by atoms with Crippen LogP contribution in [0.2, 0.25) is 0 Å². The molecule has 7 nitrogen and oxygen atoms in total. The van der Waals surface area contributed by atoms with E-state index in [0.29, 0.717) is 12.5 Å². The highest BCUT2D eigenvalue weighted by molar-refractivity contribution is 6.25. The van der Waals surface area contributed by atoms with Crippen molar-refractivity contribution in [2.24, 2.45) is 15.0 Å². The van der Waals surface area contributed by atoms with Crippen molar-refractivity contribution in [3.63, 3.8) is 0 Å². The van der Waals surface area contributed by atoms with E-state index < -0.39 is 12.1 Å². The molecule has 0 aliphatic carbocycles. The molecular weight excluding hydrogens is 186 g/mol. The number of carbonyl (C=O) groups excluding carboxylic acids is 2. The van der Waals surface area contributed by atoms with E-state index in [-0.39, 0.29) is 11.7 Å². The first-order valence-corrected chi connectivity index (χ1v) is 4.07. The number of amidine groups is 1. The van der Waals surface area contributed by atoms with E-state index in [1.165, 1.54) is 0 Å². The molecule has 0 bridgehead atoms. The average Bonchev–Trinajstić information content (AvgIpc) is 2.60. The highest BCUT2D eigenvalue weighted by atomic mass is 16.2. The van der Waals surface area contributed by atoms with Crippen molar-refractivity contribution in [2.45, 2.75) is 6.04 Å². The van der Waals surface area contributed by atoms with Crippen LogP contribution in [0.25, 0.3) is 0 Å². The summed E-state index contributed by atoms with van der Waals surface area (Å²) in [4.78, 5) is 35.6. The highest BCUT2D eigenvalue weighted by Gasteiger charge is 2.43. The zero-order chi connectivity index (χ0) is 9.71. The van der Waals surface area contributed by atoms with Crippen LogP contribution in [-0.4, -0.2) is 47.4 Å². The van der Waals surface area contributed by atoms with E-state index in [0.717, 1.165) is 0 Å². The van der Waals surface area contributed by atoms with Crippen LogP contribution in [0, 0.1) is 0 Å². The lowest BCUT2D eigenvalue weighted by molar-refractivity contribution is -0.121. The van der Waals surface area contributed by atoms with Gasteiger partial charge in [0.25, 0.3) is 5.91 Å². The van der Waals surface area contributed by atoms with Gasteiger partial charge in [0.2, 0.25) is 5.96 Å². The lowest BCUT2D eigenvalue weighted by Crippen LogP contribution is -2.52. The highest BCUT2D eigenvalue weighted by Crippen LogP contribution is 2.19. The number of guanidine groups is 1. The van der Waals surface area contributed by atoms with Crippen LogP contribution in [0.4, 0.5) is 4.79 Å². The van der Waals surface area contributed by atoms with Gasteiger partial charge in [-0.3, -0.25) is 10.1 Å². The van der Waals surface area contributed by atoms with E-state index in [1.807, 2.05) is 0 Å². The van der Waals surface area contributed by atoms with Crippen LogP contribution < -0.4 is 5.32 Å². The van der Waals surface area contributed by atoms with Gasteiger partial charge in [0.1, 0.15) is 0 Å². The molecule has 1 atom stereocenters. The summed E-state index contributed by atoms with van der Waals surface area (Å²) in [6.07, 6.45) is 1.67. The second-order valence-electron chi connectivity index (χ2n) is 3.04. The fraction of sp³-hybridized carbons (Fsp3) is 0.286. The first-order chi connectivity index (χ1) is 6.75. The van der Waals surface area contributed by atoms with Crippen molar-refractivity contribution in [2.75, 3.05) is 6.54 Å². The third kappa shape index (κ3) is 0.781. The zero-order valence-corrected chi connectivity index (χ0v) is 6.97. The Bertz CT molecular complexity index is 433. The van der Waals surface area contributed by atoms with Gasteiger partial charge in [-0.05, 0) is 0 Å². The maximum Gasteiger partial charge on any atom is 0.349 e. The van der Waals surface area contributed by atoms with E-state index in [1.54, 1.807) is 11.1 Å². The Morgan fingerprint density at radius 3 is 3.14 bits per heavy atom. The molecule has 0 saturated heterocycles. The number of carbonyl (C=O) groups is 2. The number of rotatable bonds is 0. The van der Waals surface area contributed by atoms with Gasteiger partial charge in [-0.2, -0.15) is 9.98 Å². The maximum atomic E-state index is 11.4. The minimum Gasteiger partial charge on any atom is -0.317 e. The summed E-state index contributed by atoms with van der Waals surface area (Å²) >= 11 is 0. The Hall–Kier alpha value is -2.05. The summed E-state index contributed by atoms with van der Waals surface area (Å²) < 4.78 is 0. The molecule has 3 amide bonds. The number of nitrogens with zero attached hydrogens (tertiary/aromatic N) is 4. The van der Waals surface area contributed by atoms with Gasteiger partial charge in [0.05, 0.1) is 6.54 Å². The molecule has 0 spiro atoms. The molecule has 70 valence electrons. The van der Waals surface area contributed by atoms with Crippen molar-refractivity contribution in [3.05, 3.63) is 0 Å².